The van der Waals surface area contributed by atoms with Crippen molar-refractivity contribution in [2.75, 3.05) is 6.54 Å². The third-order valence-corrected chi connectivity index (χ3v) is 4.25. The average molecular weight is 292 g/mol. The molecule has 2 N–H and O–H groups in total. The smallest absolute Gasteiger partial charge is 0.0953 e. The molecule has 0 bridgehead atoms. The van der Waals surface area contributed by atoms with Crippen molar-refractivity contribution in [2.24, 2.45) is 11.7 Å². The molecule has 20 heavy (non-hydrogen) atoms. The first-order valence-electron chi connectivity index (χ1n) is 7.02. The highest BCUT2D eigenvalue weighted by atomic mass is 35.5. The number of hydrogen-bond donors (Lipinski definition) is 1. The van der Waals surface area contributed by atoms with E-state index in [-0.39, 0.29) is 6.04 Å². The number of rotatable bonds is 5. The number of aromatic nitrogens is 2. The van der Waals surface area contributed by atoms with Gasteiger partial charge >= 0.3 is 0 Å². The molecule has 2 atom stereocenters. The summed E-state index contributed by atoms with van der Waals surface area (Å²) in [4.78, 5) is 4.31. The number of imidazole rings is 1. The zero-order chi connectivity index (χ0) is 14.7. The minimum absolute atomic E-state index is 0.147. The van der Waals surface area contributed by atoms with Crippen LogP contribution in [0.1, 0.15) is 44.0 Å². The molecule has 0 fully saturated rings. The van der Waals surface area contributed by atoms with Crippen LogP contribution in [0, 0.1) is 5.92 Å². The highest BCUT2D eigenvalue weighted by Crippen LogP contribution is 2.30. The van der Waals surface area contributed by atoms with E-state index in [4.69, 9.17) is 17.3 Å². The second kappa shape index (κ2) is 6.42. The minimum Gasteiger partial charge on any atom is -0.330 e. The van der Waals surface area contributed by atoms with Crippen molar-refractivity contribution in [3.8, 4) is 0 Å². The molecule has 2 rings (SSSR count). The van der Waals surface area contributed by atoms with Crippen molar-refractivity contribution < 1.29 is 0 Å². The van der Waals surface area contributed by atoms with Crippen molar-refractivity contribution in [2.45, 2.75) is 32.7 Å². The largest absolute Gasteiger partial charge is 0.330 e. The van der Waals surface area contributed by atoms with Crippen LogP contribution in [-0.2, 0) is 0 Å². The zero-order valence-electron chi connectivity index (χ0n) is 12.3. The van der Waals surface area contributed by atoms with Gasteiger partial charge in [-0.25, -0.2) is 4.98 Å². The van der Waals surface area contributed by atoms with Gasteiger partial charge in [-0.1, -0.05) is 43.6 Å². The lowest BCUT2D eigenvalue weighted by atomic mass is 9.92. The summed E-state index contributed by atoms with van der Waals surface area (Å²) < 4.78 is 2.18. The second-order valence-electron chi connectivity index (χ2n) is 5.51. The van der Waals surface area contributed by atoms with Crippen molar-refractivity contribution in [3.63, 3.8) is 0 Å². The number of hydrogen-bond acceptors (Lipinski definition) is 2. The lowest BCUT2D eigenvalue weighted by Gasteiger charge is -2.24. The maximum atomic E-state index is 6.31. The minimum atomic E-state index is 0.147. The molecule has 0 spiro atoms. The molecule has 2 aromatic rings. The van der Waals surface area contributed by atoms with E-state index >= 15 is 0 Å². The normalized spacial score (nSPS) is 14.5. The summed E-state index contributed by atoms with van der Waals surface area (Å²) in [5.74, 6) is 0.788. The van der Waals surface area contributed by atoms with Crippen LogP contribution in [0.2, 0.25) is 5.02 Å². The van der Waals surface area contributed by atoms with Crippen LogP contribution in [-0.4, -0.2) is 16.1 Å². The quantitative estimate of drug-likeness (QED) is 0.909. The maximum Gasteiger partial charge on any atom is 0.0953 e. The van der Waals surface area contributed by atoms with Crippen LogP contribution in [0.4, 0.5) is 0 Å². The van der Waals surface area contributed by atoms with E-state index in [2.05, 4.69) is 36.4 Å². The number of benzene rings is 1. The third-order valence-electron chi connectivity index (χ3n) is 3.91. The monoisotopic (exact) mass is 291 g/mol. The standard InChI is InChI=1S/C16H22ClN3/c1-11(2)14(8-18)16-9-19-10-20(16)12(3)13-6-4-5-7-15(13)17/h4-7,9-12,14H,8,18H2,1-3H3. The molecule has 3 nitrogen and oxygen atoms in total. The van der Waals surface area contributed by atoms with Crippen molar-refractivity contribution >= 4 is 11.6 Å². The molecule has 0 aliphatic carbocycles. The van der Waals surface area contributed by atoms with Gasteiger partial charge < -0.3 is 10.3 Å². The average Bonchev–Trinajstić information content (AvgIpc) is 2.88. The maximum absolute atomic E-state index is 6.31. The predicted molar refractivity (Wildman–Crippen MR) is 84.1 cm³/mol. The molecular weight excluding hydrogens is 270 g/mol. The molecule has 1 heterocycles. The molecule has 0 amide bonds. The topological polar surface area (TPSA) is 43.8 Å². The van der Waals surface area contributed by atoms with Crippen LogP contribution >= 0.6 is 11.6 Å². The fraction of sp³-hybridized carbons (Fsp3) is 0.438. The summed E-state index contributed by atoms with van der Waals surface area (Å²) in [7, 11) is 0. The molecule has 0 aliphatic heterocycles. The first-order chi connectivity index (χ1) is 9.56. The van der Waals surface area contributed by atoms with Crippen molar-refractivity contribution in [1.82, 2.24) is 9.55 Å². The number of halogens is 1. The molecule has 0 radical (unpaired) electrons. The Morgan fingerprint density at radius 3 is 2.55 bits per heavy atom. The van der Waals surface area contributed by atoms with E-state index in [1.807, 2.05) is 30.7 Å². The SMILES string of the molecule is CC(C)C(CN)c1cncn1C(C)c1ccccc1Cl. The Labute approximate surface area is 125 Å². The van der Waals surface area contributed by atoms with E-state index in [0.29, 0.717) is 18.4 Å². The molecule has 0 saturated heterocycles. The van der Waals surface area contributed by atoms with E-state index in [9.17, 15) is 0 Å². The lowest BCUT2D eigenvalue weighted by Crippen LogP contribution is -2.22. The summed E-state index contributed by atoms with van der Waals surface area (Å²) in [5, 5.41) is 0.786. The van der Waals surface area contributed by atoms with Crippen molar-refractivity contribution in [1.29, 1.82) is 0 Å². The third kappa shape index (κ3) is 2.89. The molecule has 2 unspecified atom stereocenters. The first-order valence-corrected chi connectivity index (χ1v) is 7.40. The van der Waals surface area contributed by atoms with Gasteiger partial charge in [-0.15, -0.1) is 0 Å². The summed E-state index contributed by atoms with van der Waals surface area (Å²) in [6.07, 6.45) is 3.79. The fourth-order valence-corrected chi connectivity index (χ4v) is 2.92. The van der Waals surface area contributed by atoms with Gasteiger partial charge in [-0.3, -0.25) is 0 Å². The van der Waals surface area contributed by atoms with Gasteiger partial charge in [0.2, 0.25) is 0 Å². The Bertz CT molecular complexity index is 562. The van der Waals surface area contributed by atoms with Gasteiger partial charge in [0.1, 0.15) is 0 Å². The van der Waals surface area contributed by atoms with Crippen molar-refractivity contribution in [3.05, 3.63) is 53.1 Å². The first kappa shape index (κ1) is 15.1. The summed E-state index contributed by atoms with van der Waals surface area (Å²) >= 11 is 6.31. The van der Waals surface area contributed by atoms with Crippen LogP contribution in [0.15, 0.2) is 36.8 Å². The number of nitrogens with two attached hydrogens (primary N) is 1. The summed E-state index contributed by atoms with van der Waals surface area (Å²) in [6.45, 7) is 7.14. The van der Waals surface area contributed by atoms with E-state index in [0.717, 1.165) is 10.6 Å². The Morgan fingerprint density at radius 1 is 1.25 bits per heavy atom. The highest BCUT2D eigenvalue weighted by molar-refractivity contribution is 6.31. The van der Waals surface area contributed by atoms with Gasteiger partial charge in [0.15, 0.2) is 0 Å². The van der Waals surface area contributed by atoms with Gasteiger partial charge in [0.25, 0.3) is 0 Å². The van der Waals surface area contributed by atoms with E-state index in [1.165, 1.54) is 5.69 Å². The molecule has 0 aliphatic rings. The van der Waals surface area contributed by atoms with Gasteiger partial charge in [-0.05, 0) is 24.5 Å². The Balaban J connectivity index is 2.39. The highest BCUT2D eigenvalue weighted by Gasteiger charge is 2.21. The fourth-order valence-electron chi connectivity index (χ4n) is 2.62. The van der Waals surface area contributed by atoms with Gasteiger partial charge in [0, 0.05) is 29.4 Å². The Morgan fingerprint density at radius 2 is 1.95 bits per heavy atom. The number of nitrogens with zero attached hydrogens (tertiary/aromatic N) is 2. The molecular formula is C16H22ClN3. The van der Waals surface area contributed by atoms with E-state index in [1.54, 1.807) is 0 Å². The summed E-state index contributed by atoms with van der Waals surface area (Å²) in [5.41, 5.74) is 8.22. The van der Waals surface area contributed by atoms with Crippen LogP contribution < -0.4 is 5.73 Å². The second-order valence-corrected chi connectivity index (χ2v) is 5.92. The zero-order valence-corrected chi connectivity index (χ0v) is 13.0. The van der Waals surface area contributed by atoms with Crippen LogP contribution in [0.25, 0.3) is 0 Å². The van der Waals surface area contributed by atoms with Gasteiger partial charge in [0.05, 0.1) is 12.4 Å². The van der Waals surface area contributed by atoms with Gasteiger partial charge in [-0.2, -0.15) is 0 Å². The molecule has 0 saturated carbocycles. The predicted octanol–water partition coefficient (Wildman–Crippen LogP) is 3.84. The Kier molecular flexibility index (Phi) is 4.84. The molecule has 1 aromatic carbocycles. The molecule has 4 heteroatoms. The Hall–Kier alpha value is -1.32. The lowest BCUT2D eigenvalue weighted by molar-refractivity contribution is 0.463. The molecule has 108 valence electrons. The van der Waals surface area contributed by atoms with Crippen LogP contribution in [0.5, 0.6) is 0 Å². The summed E-state index contributed by atoms with van der Waals surface area (Å²) in [6, 6.07) is 8.09. The van der Waals surface area contributed by atoms with Crippen LogP contribution in [0.3, 0.4) is 0 Å². The van der Waals surface area contributed by atoms with E-state index < -0.39 is 0 Å². The molecule has 1 aromatic heterocycles.